The summed E-state index contributed by atoms with van der Waals surface area (Å²) < 4.78 is 13.2. The summed E-state index contributed by atoms with van der Waals surface area (Å²) in [6.07, 6.45) is 0. The highest BCUT2D eigenvalue weighted by molar-refractivity contribution is 6.35. The van der Waals surface area contributed by atoms with Crippen LogP contribution in [0.25, 0.3) is 0 Å². The Morgan fingerprint density at radius 2 is 1.89 bits per heavy atom. The summed E-state index contributed by atoms with van der Waals surface area (Å²) in [6.45, 7) is 2.38. The van der Waals surface area contributed by atoms with Crippen LogP contribution in [0.2, 0.25) is 10.0 Å². The summed E-state index contributed by atoms with van der Waals surface area (Å²) in [4.78, 5) is 0. The lowest BCUT2D eigenvalue weighted by Crippen LogP contribution is -2.00. The van der Waals surface area contributed by atoms with Crippen LogP contribution >= 0.6 is 23.2 Å². The second-order valence-corrected chi connectivity index (χ2v) is 4.95. The predicted molar refractivity (Wildman–Crippen MR) is 74.9 cm³/mol. The maximum atomic E-state index is 13.2. The summed E-state index contributed by atoms with van der Waals surface area (Å²) in [5.41, 5.74) is 2.53. The van der Waals surface area contributed by atoms with E-state index in [4.69, 9.17) is 23.2 Å². The molecule has 2 rings (SSSR count). The monoisotopic (exact) mass is 283 g/mol. The quantitative estimate of drug-likeness (QED) is 0.831. The number of benzene rings is 2. The van der Waals surface area contributed by atoms with Gasteiger partial charge >= 0.3 is 0 Å². The Bertz CT molecular complexity index is 549. The Morgan fingerprint density at radius 1 is 1.11 bits per heavy atom. The van der Waals surface area contributed by atoms with Crippen LogP contribution in [0, 0.1) is 12.7 Å². The van der Waals surface area contributed by atoms with Gasteiger partial charge in [-0.05, 0) is 48.4 Å². The molecule has 0 heterocycles. The predicted octanol–water partition coefficient (Wildman–Crippen LogP) is 5.05. The van der Waals surface area contributed by atoms with E-state index in [-0.39, 0.29) is 5.82 Å². The van der Waals surface area contributed by atoms with Crippen molar-refractivity contribution < 1.29 is 4.39 Å². The maximum Gasteiger partial charge on any atom is 0.125 e. The average Bonchev–Trinajstić information content (AvgIpc) is 2.26. The van der Waals surface area contributed by atoms with Crippen LogP contribution in [0.3, 0.4) is 0 Å². The Labute approximate surface area is 116 Å². The molecule has 0 aliphatic carbocycles. The number of aryl methyl sites for hydroxylation is 1. The molecule has 0 saturated carbocycles. The van der Waals surface area contributed by atoms with Gasteiger partial charge in [0.25, 0.3) is 0 Å². The maximum absolute atomic E-state index is 13.2. The first-order chi connectivity index (χ1) is 8.54. The van der Waals surface area contributed by atoms with Crippen LogP contribution in [0.5, 0.6) is 0 Å². The van der Waals surface area contributed by atoms with Crippen molar-refractivity contribution in [2.75, 3.05) is 5.32 Å². The molecular formula is C14H12Cl2FN. The molecule has 0 bridgehead atoms. The lowest BCUT2D eigenvalue weighted by Gasteiger charge is -2.09. The lowest BCUT2D eigenvalue weighted by molar-refractivity contribution is 0.627. The molecule has 2 aromatic carbocycles. The number of halogens is 3. The Morgan fingerprint density at radius 3 is 2.56 bits per heavy atom. The molecular weight excluding hydrogens is 272 g/mol. The Balaban J connectivity index is 2.11. The molecule has 1 N–H and O–H groups in total. The van der Waals surface area contributed by atoms with E-state index in [1.54, 1.807) is 12.1 Å². The molecule has 0 spiro atoms. The van der Waals surface area contributed by atoms with Gasteiger partial charge in [-0.15, -0.1) is 0 Å². The van der Waals surface area contributed by atoms with E-state index in [0.29, 0.717) is 16.6 Å². The van der Waals surface area contributed by atoms with Crippen LogP contribution in [0.15, 0.2) is 36.4 Å². The van der Waals surface area contributed by atoms with Gasteiger partial charge in [-0.25, -0.2) is 4.39 Å². The summed E-state index contributed by atoms with van der Waals surface area (Å²) in [5.74, 6) is -0.250. The fourth-order valence-electron chi connectivity index (χ4n) is 1.70. The second-order valence-electron chi connectivity index (χ2n) is 4.11. The highest BCUT2D eigenvalue weighted by atomic mass is 35.5. The molecule has 0 fully saturated rings. The van der Waals surface area contributed by atoms with Gasteiger partial charge in [0.05, 0.1) is 0 Å². The molecule has 94 valence electrons. The van der Waals surface area contributed by atoms with Gasteiger partial charge in [-0.2, -0.15) is 0 Å². The molecule has 0 unspecified atom stereocenters. The van der Waals surface area contributed by atoms with Gasteiger partial charge in [0.15, 0.2) is 0 Å². The normalized spacial score (nSPS) is 10.4. The van der Waals surface area contributed by atoms with Crippen molar-refractivity contribution in [1.29, 1.82) is 0 Å². The summed E-state index contributed by atoms with van der Waals surface area (Å²) >= 11 is 11.9. The minimum absolute atomic E-state index is 0.250. The second kappa shape index (κ2) is 5.59. The van der Waals surface area contributed by atoms with Crippen LogP contribution in [-0.4, -0.2) is 0 Å². The molecule has 0 aliphatic rings. The Kier molecular flexibility index (Phi) is 4.10. The average molecular weight is 284 g/mol. The first-order valence-corrected chi connectivity index (χ1v) is 6.25. The van der Waals surface area contributed by atoms with Crippen molar-refractivity contribution in [1.82, 2.24) is 0 Å². The van der Waals surface area contributed by atoms with Crippen molar-refractivity contribution in [2.45, 2.75) is 13.5 Å². The molecule has 1 nitrogen and oxygen atoms in total. The number of hydrogen-bond acceptors (Lipinski definition) is 1. The third-order valence-electron chi connectivity index (χ3n) is 2.54. The van der Waals surface area contributed by atoms with E-state index in [1.807, 2.05) is 19.1 Å². The van der Waals surface area contributed by atoms with Gasteiger partial charge in [-0.1, -0.05) is 29.3 Å². The summed E-state index contributed by atoms with van der Waals surface area (Å²) in [7, 11) is 0. The lowest BCUT2D eigenvalue weighted by atomic mass is 10.2. The molecule has 18 heavy (non-hydrogen) atoms. The smallest absolute Gasteiger partial charge is 0.125 e. The molecule has 0 aliphatic heterocycles. The van der Waals surface area contributed by atoms with Crippen LogP contribution < -0.4 is 5.32 Å². The van der Waals surface area contributed by atoms with E-state index in [2.05, 4.69) is 5.32 Å². The zero-order chi connectivity index (χ0) is 13.1. The number of rotatable bonds is 3. The van der Waals surface area contributed by atoms with E-state index < -0.39 is 0 Å². The first kappa shape index (κ1) is 13.2. The topological polar surface area (TPSA) is 12.0 Å². The number of hydrogen-bond donors (Lipinski definition) is 1. The number of anilines is 1. The van der Waals surface area contributed by atoms with Gasteiger partial charge in [0, 0.05) is 22.3 Å². The highest BCUT2D eigenvalue weighted by Gasteiger charge is 2.02. The van der Waals surface area contributed by atoms with Crippen molar-refractivity contribution in [2.24, 2.45) is 0 Å². The summed E-state index contributed by atoms with van der Waals surface area (Å²) in [5, 5.41) is 4.34. The van der Waals surface area contributed by atoms with E-state index in [1.165, 1.54) is 12.1 Å². The van der Waals surface area contributed by atoms with E-state index in [9.17, 15) is 4.39 Å². The van der Waals surface area contributed by atoms with Crippen molar-refractivity contribution >= 4 is 28.9 Å². The molecule has 0 radical (unpaired) electrons. The largest absolute Gasteiger partial charge is 0.381 e. The van der Waals surface area contributed by atoms with Crippen molar-refractivity contribution in [3.05, 3.63) is 63.4 Å². The standard InChI is InChI=1S/C14H12Cl2FN/c1-9-4-12(17)7-13(5-9)18-8-10-2-3-11(15)6-14(10)16/h2-7,18H,8H2,1H3. The van der Waals surface area contributed by atoms with Crippen molar-refractivity contribution in [3.8, 4) is 0 Å². The molecule has 0 atom stereocenters. The van der Waals surface area contributed by atoms with Crippen LogP contribution in [0.1, 0.15) is 11.1 Å². The van der Waals surface area contributed by atoms with Crippen LogP contribution in [0.4, 0.5) is 10.1 Å². The zero-order valence-electron chi connectivity index (χ0n) is 9.81. The first-order valence-electron chi connectivity index (χ1n) is 5.49. The SMILES string of the molecule is Cc1cc(F)cc(NCc2ccc(Cl)cc2Cl)c1. The number of nitrogens with one attached hydrogen (secondary N) is 1. The van der Waals surface area contributed by atoms with Gasteiger partial charge in [0.1, 0.15) is 5.82 Å². The van der Waals surface area contributed by atoms with Gasteiger partial charge in [0.2, 0.25) is 0 Å². The minimum atomic E-state index is -0.250. The third-order valence-corrected chi connectivity index (χ3v) is 3.13. The van der Waals surface area contributed by atoms with Gasteiger partial charge < -0.3 is 5.32 Å². The zero-order valence-corrected chi connectivity index (χ0v) is 11.3. The third kappa shape index (κ3) is 3.37. The Hall–Kier alpha value is -1.25. The van der Waals surface area contributed by atoms with Crippen molar-refractivity contribution in [3.63, 3.8) is 0 Å². The minimum Gasteiger partial charge on any atom is -0.381 e. The van der Waals surface area contributed by atoms with E-state index in [0.717, 1.165) is 16.8 Å². The molecule has 0 aromatic heterocycles. The fourth-order valence-corrected chi connectivity index (χ4v) is 2.18. The molecule has 4 heteroatoms. The molecule has 0 saturated heterocycles. The molecule has 0 amide bonds. The van der Waals surface area contributed by atoms with Gasteiger partial charge in [-0.3, -0.25) is 0 Å². The summed E-state index contributed by atoms with van der Waals surface area (Å²) in [6, 6.07) is 10.1. The van der Waals surface area contributed by atoms with E-state index >= 15 is 0 Å². The van der Waals surface area contributed by atoms with Crippen LogP contribution in [-0.2, 0) is 6.54 Å². The highest BCUT2D eigenvalue weighted by Crippen LogP contribution is 2.22. The fraction of sp³-hybridized carbons (Fsp3) is 0.143. The molecule has 2 aromatic rings.